The van der Waals surface area contributed by atoms with Crippen LogP contribution in [-0.2, 0) is 22.6 Å². The highest BCUT2D eigenvalue weighted by atomic mass is 16.5. The molecule has 6 nitrogen and oxygen atoms in total. The van der Waals surface area contributed by atoms with E-state index >= 15 is 0 Å². The molecule has 166 valence electrons. The number of hydrogen-bond acceptors (Lipinski definition) is 3. The molecule has 3 rings (SSSR count). The van der Waals surface area contributed by atoms with Crippen molar-refractivity contribution in [3.8, 4) is 0 Å². The summed E-state index contributed by atoms with van der Waals surface area (Å²) in [5.41, 5.74) is 2.72. The molecule has 1 saturated heterocycles. The van der Waals surface area contributed by atoms with E-state index in [4.69, 9.17) is 4.74 Å². The number of carbonyl (C=O) groups is 1. The maximum atomic E-state index is 11.9. The molecule has 1 aliphatic heterocycles. The lowest BCUT2D eigenvalue weighted by Crippen LogP contribution is -2.43. The number of guanidine groups is 1. The zero-order chi connectivity index (χ0) is 21.2. The molecule has 1 aromatic rings. The van der Waals surface area contributed by atoms with E-state index in [2.05, 4.69) is 46.8 Å². The molecule has 0 radical (unpaired) electrons. The van der Waals surface area contributed by atoms with Crippen LogP contribution in [0.4, 0.5) is 0 Å². The second-order valence-electron chi connectivity index (χ2n) is 8.67. The predicted molar refractivity (Wildman–Crippen MR) is 121 cm³/mol. The van der Waals surface area contributed by atoms with E-state index in [1.807, 2.05) is 11.9 Å². The molecule has 0 bridgehead atoms. The highest BCUT2D eigenvalue weighted by Crippen LogP contribution is 2.40. The fourth-order valence-corrected chi connectivity index (χ4v) is 4.68. The van der Waals surface area contributed by atoms with Crippen LogP contribution in [0.1, 0.15) is 63.0 Å². The summed E-state index contributed by atoms with van der Waals surface area (Å²) in [6, 6.07) is 8.48. The summed E-state index contributed by atoms with van der Waals surface area (Å²) in [6.45, 7) is 6.94. The van der Waals surface area contributed by atoms with Gasteiger partial charge in [-0.3, -0.25) is 9.79 Å². The first kappa shape index (κ1) is 22.6. The smallest absolute Gasteiger partial charge is 0.222 e. The Kier molecular flexibility index (Phi) is 8.55. The second-order valence-corrected chi connectivity index (χ2v) is 8.67. The van der Waals surface area contributed by atoms with E-state index in [1.54, 1.807) is 0 Å². The van der Waals surface area contributed by atoms with Crippen LogP contribution >= 0.6 is 0 Å². The highest BCUT2D eigenvalue weighted by molar-refractivity contribution is 5.79. The van der Waals surface area contributed by atoms with E-state index in [9.17, 15) is 4.79 Å². The van der Waals surface area contributed by atoms with Crippen LogP contribution in [-0.4, -0.2) is 50.1 Å². The van der Waals surface area contributed by atoms with E-state index in [0.717, 1.165) is 45.1 Å². The van der Waals surface area contributed by atoms with Gasteiger partial charge in [0.25, 0.3) is 0 Å². The van der Waals surface area contributed by atoms with E-state index in [0.29, 0.717) is 24.9 Å². The van der Waals surface area contributed by atoms with Crippen molar-refractivity contribution in [2.75, 3.05) is 33.4 Å². The van der Waals surface area contributed by atoms with Gasteiger partial charge < -0.3 is 20.3 Å². The molecular formula is C24H38N4O2. The summed E-state index contributed by atoms with van der Waals surface area (Å²) >= 11 is 0. The molecule has 30 heavy (non-hydrogen) atoms. The Morgan fingerprint density at radius 2 is 2.00 bits per heavy atom. The van der Waals surface area contributed by atoms with Gasteiger partial charge in [-0.1, -0.05) is 37.1 Å². The van der Waals surface area contributed by atoms with Crippen LogP contribution in [0.3, 0.4) is 0 Å². The number of rotatable bonds is 10. The van der Waals surface area contributed by atoms with Crippen molar-refractivity contribution in [1.82, 2.24) is 15.5 Å². The Labute approximate surface area is 181 Å². The van der Waals surface area contributed by atoms with Gasteiger partial charge in [-0.15, -0.1) is 0 Å². The zero-order valence-corrected chi connectivity index (χ0v) is 18.7. The summed E-state index contributed by atoms with van der Waals surface area (Å²) in [4.78, 5) is 18.3. The first-order valence-electron chi connectivity index (χ1n) is 11.5. The Balaban J connectivity index is 1.49. The maximum Gasteiger partial charge on any atom is 0.222 e. The third-order valence-corrected chi connectivity index (χ3v) is 6.50. The summed E-state index contributed by atoms with van der Waals surface area (Å²) in [6.07, 6.45) is 7.94. The van der Waals surface area contributed by atoms with Gasteiger partial charge in [-0.05, 0) is 49.1 Å². The highest BCUT2D eigenvalue weighted by Gasteiger charge is 2.33. The number of hydrogen-bond donors (Lipinski definition) is 2. The molecular weight excluding hydrogens is 376 g/mol. The SMILES string of the molecule is CCOCCC1(CNC(=NC)NCc2cccc(CN3CCCC3=O)c2)CCCC1. The Bertz CT molecular complexity index is 713. The number of ether oxygens (including phenoxy) is 1. The molecule has 2 aliphatic rings. The molecule has 0 aromatic heterocycles. The minimum absolute atomic E-state index is 0.272. The molecule has 0 atom stereocenters. The van der Waals surface area contributed by atoms with Gasteiger partial charge in [0.2, 0.25) is 5.91 Å². The topological polar surface area (TPSA) is 66.0 Å². The fourth-order valence-electron chi connectivity index (χ4n) is 4.68. The van der Waals surface area contributed by atoms with Crippen LogP contribution in [0.15, 0.2) is 29.3 Å². The maximum absolute atomic E-state index is 11.9. The molecule has 1 aromatic carbocycles. The van der Waals surface area contributed by atoms with Crippen molar-refractivity contribution in [3.05, 3.63) is 35.4 Å². The van der Waals surface area contributed by atoms with Crippen LogP contribution in [0.2, 0.25) is 0 Å². The second kappa shape index (κ2) is 11.3. The lowest BCUT2D eigenvalue weighted by Gasteiger charge is -2.30. The summed E-state index contributed by atoms with van der Waals surface area (Å²) in [7, 11) is 1.83. The van der Waals surface area contributed by atoms with Crippen LogP contribution < -0.4 is 10.6 Å². The molecule has 0 spiro atoms. The number of carbonyl (C=O) groups excluding carboxylic acids is 1. The molecule has 2 fully saturated rings. The number of aliphatic imine (C=N–C) groups is 1. The monoisotopic (exact) mass is 414 g/mol. The molecule has 1 aliphatic carbocycles. The van der Waals surface area contributed by atoms with Crippen LogP contribution in [0, 0.1) is 5.41 Å². The Morgan fingerprint density at radius 3 is 2.70 bits per heavy atom. The molecule has 2 N–H and O–H groups in total. The first-order chi connectivity index (χ1) is 14.6. The molecule has 0 unspecified atom stereocenters. The third-order valence-electron chi connectivity index (χ3n) is 6.50. The van der Waals surface area contributed by atoms with E-state index in [-0.39, 0.29) is 5.91 Å². The van der Waals surface area contributed by atoms with Crippen molar-refractivity contribution in [2.45, 2.75) is 65.0 Å². The van der Waals surface area contributed by atoms with E-state index < -0.39 is 0 Å². The van der Waals surface area contributed by atoms with Gasteiger partial charge in [0.15, 0.2) is 5.96 Å². The van der Waals surface area contributed by atoms with Crippen LogP contribution in [0.25, 0.3) is 0 Å². The van der Waals surface area contributed by atoms with Crippen molar-refractivity contribution in [1.29, 1.82) is 0 Å². The van der Waals surface area contributed by atoms with E-state index in [1.165, 1.54) is 36.8 Å². The first-order valence-corrected chi connectivity index (χ1v) is 11.5. The van der Waals surface area contributed by atoms with Gasteiger partial charge in [0.05, 0.1) is 0 Å². The van der Waals surface area contributed by atoms with Gasteiger partial charge in [0, 0.05) is 52.9 Å². The zero-order valence-electron chi connectivity index (χ0n) is 18.7. The van der Waals surface area contributed by atoms with Crippen molar-refractivity contribution < 1.29 is 9.53 Å². The molecule has 6 heteroatoms. The normalized spacial score (nSPS) is 18.8. The van der Waals surface area contributed by atoms with Gasteiger partial charge >= 0.3 is 0 Å². The largest absolute Gasteiger partial charge is 0.382 e. The van der Waals surface area contributed by atoms with Gasteiger partial charge in [-0.25, -0.2) is 0 Å². The summed E-state index contributed by atoms with van der Waals surface area (Å²) in [5.74, 6) is 1.12. The minimum atomic E-state index is 0.272. The molecule has 1 heterocycles. The van der Waals surface area contributed by atoms with Crippen molar-refractivity contribution >= 4 is 11.9 Å². The van der Waals surface area contributed by atoms with Gasteiger partial charge in [0.1, 0.15) is 0 Å². The average molecular weight is 415 g/mol. The Morgan fingerprint density at radius 1 is 1.20 bits per heavy atom. The fraction of sp³-hybridized carbons (Fsp3) is 0.667. The molecule has 1 amide bonds. The number of benzene rings is 1. The Hall–Kier alpha value is -2.08. The number of nitrogens with zero attached hydrogens (tertiary/aromatic N) is 2. The summed E-state index contributed by atoms with van der Waals surface area (Å²) in [5, 5.41) is 7.01. The van der Waals surface area contributed by atoms with Crippen LogP contribution in [0.5, 0.6) is 0 Å². The average Bonchev–Trinajstić information content (AvgIpc) is 3.38. The van der Waals surface area contributed by atoms with Crippen molar-refractivity contribution in [3.63, 3.8) is 0 Å². The third kappa shape index (κ3) is 6.46. The number of likely N-dealkylation sites (tertiary alicyclic amines) is 1. The number of nitrogens with one attached hydrogen (secondary N) is 2. The van der Waals surface area contributed by atoms with Gasteiger partial charge in [-0.2, -0.15) is 0 Å². The van der Waals surface area contributed by atoms with Crippen molar-refractivity contribution in [2.24, 2.45) is 10.4 Å². The quantitative estimate of drug-likeness (QED) is 0.350. The lowest BCUT2D eigenvalue weighted by molar-refractivity contribution is -0.128. The molecule has 1 saturated carbocycles. The summed E-state index contributed by atoms with van der Waals surface area (Å²) < 4.78 is 5.63. The number of amides is 1. The lowest BCUT2D eigenvalue weighted by atomic mass is 9.83. The standard InChI is InChI=1S/C24H38N4O2/c1-3-30-15-13-24(11-4-5-12-24)19-27-23(25-2)26-17-20-8-6-9-21(16-20)18-28-14-7-10-22(28)29/h6,8-9,16H,3-5,7,10-15,17-19H2,1-2H3,(H2,25,26,27). The minimum Gasteiger partial charge on any atom is -0.382 e. The predicted octanol–water partition coefficient (Wildman–Crippen LogP) is 3.46.